The minimum absolute atomic E-state index is 0.0831. The van der Waals surface area contributed by atoms with E-state index in [1.807, 2.05) is 49.9 Å². The van der Waals surface area contributed by atoms with Crippen molar-refractivity contribution < 1.29 is 13.9 Å². The van der Waals surface area contributed by atoms with Crippen molar-refractivity contribution in [3.05, 3.63) is 30.2 Å². The van der Waals surface area contributed by atoms with Crippen LogP contribution in [0.3, 0.4) is 0 Å². The zero-order valence-corrected chi connectivity index (χ0v) is 14.0. The fraction of sp³-hybridized carbons (Fsp3) is 0.556. The van der Waals surface area contributed by atoms with Gasteiger partial charge in [-0.05, 0) is 39.3 Å². The molecular weight excluding hydrogens is 292 g/mol. The Hall–Kier alpha value is -1.88. The molecule has 1 amide bonds. The van der Waals surface area contributed by atoms with E-state index in [-0.39, 0.29) is 17.6 Å². The van der Waals surface area contributed by atoms with Gasteiger partial charge in [0.1, 0.15) is 5.52 Å². The number of carbonyl (C=O) groups excluding carboxylic acids is 1. The van der Waals surface area contributed by atoms with Crippen LogP contribution in [0.4, 0.5) is 0 Å². The first-order chi connectivity index (χ1) is 10.9. The molecule has 3 rings (SSSR count). The van der Waals surface area contributed by atoms with Gasteiger partial charge in [-0.1, -0.05) is 12.1 Å². The summed E-state index contributed by atoms with van der Waals surface area (Å²) in [6.45, 7) is 7.40. The van der Waals surface area contributed by atoms with Gasteiger partial charge >= 0.3 is 0 Å². The lowest BCUT2D eigenvalue weighted by atomic mass is 10.0. The highest BCUT2D eigenvalue weighted by Gasteiger charge is 2.33. The molecular formula is C18H24N2O3. The summed E-state index contributed by atoms with van der Waals surface area (Å²) in [5.41, 5.74) is 1.41. The number of carbonyl (C=O) groups is 1. The Morgan fingerprint density at radius 3 is 2.91 bits per heavy atom. The van der Waals surface area contributed by atoms with Crippen molar-refractivity contribution in [1.29, 1.82) is 0 Å². The number of amides is 1. The first-order valence-electron chi connectivity index (χ1n) is 8.23. The molecule has 0 spiro atoms. The van der Waals surface area contributed by atoms with E-state index in [0.717, 1.165) is 17.5 Å². The van der Waals surface area contributed by atoms with Crippen LogP contribution in [-0.2, 0) is 16.0 Å². The largest absolute Gasteiger partial charge is 0.441 e. The molecule has 124 valence electrons. The van der Waals surface area contributed by atoms with Gasteiger partial charge in [-0.25, -0.2) is 4.98 Å². The van der Waals surface area contributed by atoms with Crippen molar-refractivity contribution in [2.24, 2.45) is 0 Å². The van der Waals surface area contributed by atoms with Crippen LogP contribution in [0, 0.1) is 0 Å². The third kappa shape index (κ3) is 3.91. The van der Waals surface area contributed by atoms with E-state index in [9.17, 15) is 4.79 Å². The number of hydrogen-bond acceptors (Lipinski definition) is 4. The summed E-state index contributed by atoms with van der Waals surface area (Å²) in [4.78, 5) is 18.8. The van der Waals surface area contributed by atoms with Crippen molar-refractivity contribution in [1.82, 2.24) is 9.88 Å². The minimum Gasteiger partial charge on any atom is -0.441 e. The second-order valence-corrected chi connectivity index (χ2v) is 6.89. The van der Waals surface area contributed by atoms with E-state index >= 15 is 0 Å². The second kappa shape index (κ2) is 6.32. The summed E-state index contributed by atoms with van der Waals surface area (Å²) in [7, 11) is 0. The van der Waals surface area contributed by atoms with Gasteiger partial charge in [0.2, 0.25) is 5.91 Å². The minimum atomic E-state index is -0.270. The average Bonchev–Trinajstić information content (AvgIpc) is 2.87. The van der Waals surface area contributed by atoms with Crippen molar-refractivity contribution in [3.63, 3.8) is 0 Å². The number of benzene rings is 1. The third-order valence-corrected chi connectivity index (χ3v) is 4.04. The van der Waals surface area contributed by atoms with Crippen molar-refractivity contribution in [2.75, 3.05) is 13.1 Å². The zero-order chi connectivity index (χ0) is 16.4. The molecule has 5 heteroatoms. The first kappa shape index (κ1) is 16.0. The molecule has 23 heavy (non-hydrogen) atoms. The molecule has 0 saturated carbocycles. The lowest BCUT2D eigenvalue weighted by Crippen LogP contribution is -2.53. The summed E-state index contributed by atoms with van der Waals surface area (Å²) in [5, 5.41) is 0. The monoisotopic (exact) mass is 316 g/mol. The fourth-order valence-electron chi connectivity index (χ4n) is 3.22. The highest BCUT2D eigenvalue weighted by atomic mass is 16.5. The summed E-state index contributed by atoms with van der Waals surface area (Å²) in [6, 6.07) is 7.72. The van der Waals surface area contributed by atoms with Gasteiger partial charge in [0.05, 0.1) is 11.7 Å². The number of aryl methyl sites for hydroxylation is 1. The molecule has 1 aromatic heterocycles. The van der Waals surface area contributed by atoms with Crippen LogP contribution < -0.4 is 0 Å². The van der Waals surface area contributed by atoms with Gasteiger partial charge in [0.25, 0.3) is 0 Å². The van der Waals surface area contributed by atoms with Gasteiger partial charge in [-0.15, -0.1) is 0 Å². The molecule has 1 fully saturated rings. The van der Waals surface area contributed by atoms with Crippen LogP contribution in [0.2, 0.25) is 0 Å². The summed E-state index contributed by atoms with van der Waals surface area (Å²) in [6.07, 6.45) is 2.03. The maximum absolute atomic E-state index is 12.4. The summed E-state index contributed by atoms with van der Waals surface area (Å²) >= 11 is 0. The second-order valence-electron chi connectivity index (χ2n) is 6.89. The van der Waals surface area contributed by atoms with Gasteiger partial charge in [0.15, 0.2) is 11.5 Å². The molecule has 1 aliphatic heterocycles. The quantitative estimate of drug-likeness (QED) is 0.869. The van der Waals surface area contributed by atoms with Gasteiger partial charge < -0.3 is 14.1 Å². The van der Waals surface area contributed by atoms with Crippen LogP contribution in [0.1, 0.15) is 39.5 Å². The molecule has 1 saturated heterocycles. The number of ether oxygens (including phenoxy) is 1. The molecule has 1 aliphatic rings. The molecule has 0 aliphatic carbocycles. The summed E-state index contributed by atoms with van der Waals surface area (Å²) in [5.74, 6) is 0.888. The number of morpholine rings is 1. The van der Waals surface area contributed by atoms with E-state index in [2.05, 4.69) is 4.98 Å². The van der Waals surface area contributed by atoms with Gasteiger partial charge in [-0.2, -0.15) is 0 Å². The Morgan fingerprint density at radius 2 is 2.17 bits per heavy atom. The lowest BCUT2D eigenvalue weighted by Gasteiger charge is -2.41. The van der Waals surface area contributed by atoms with Crippen LogP contribution in [0.15, 0.2) is 28.7 Å². The number of hydrogen-bond donors (Lipinski definition) is 0. The van der Waals surface area contributed by atoms with Crippen molar-refractivity contribution >= 4 is 17.0 Å². The van der Waals surface area contributed by atoms with Crippen LogP contribution >= 0.6 is 0 Å². The maximum atomic E-state index is 12.4. The van der Waals surface area contributed by atoms with Crippen LogP contribution in [0.25, 0.3) is 11.1 Å². The SMILES string of the molecule is C[C@@H]1CN(C(=O)CCCc2nc3ccccc3o2)CC(C)(C)O1. The topological polar surface area (TPSA) is 55.6 Å². The van der Waals surface area contributed by atoms with E-state index in [0.29, 0.717) is 31.8 Å². The van der Waals surface area contributed by atoms with E-state index in [1.54, 1.807) is 0 Å². The van der Waals surface area contributed by atoms with Crippen molar-refractivity contribution in [2.45, 2.75) is 51.7 Å². The Kier molecular flexibility index (Phi) is 4.39. The standard InChI is InChI=1S/C18H24N2O3/c1-13-11-20(12-18(2,3)23-13)17(21)10-6-9-16-19-14-7-4-5-8-15(14)22-16/h4-5,7-8,13H,6,9-12H2,1-3H3/t13-/m1/s1. The number of oxazole rings is 1. The number of aromatic nitrogens is 1. The van der Waals surface area contributed by atoms with Crippen molar-refractivity contribution in [3.8, 4) is 0 Å². The first-order valence-corrected chi connectivity index (χ1v) is 8.23. The normalized spacial score (nSPS) is 20.8. The van der Waals surface area contributed by atoms with E-state index in [4.69, 9.17) is 9.15 Å². The number of fused-ring (bicyclic) bond motifs is 1. The number of nitrogens with zero attached hydrogens (tertiary/aromatic N) is 2. The zero-order valence-electron chi connectivity index (χ0n) is 14.0. The molecule has 0 radical (unpaired) electrons. The Bertz CT molecular complexity index is 659. The predicted octanol–water partition coefficient (Wildman–Crippen LogP) is 3.18. The fourth-order valence-corrected chi connectivity index (χ4v) is 3.22. The Morgan fingerprint density at radius 1 is 1.39 bits per heavy atom. The molecule has 5 nitrogen and oxygen atoms in total. The molecule has 0 N–H and O–H groups in total. The lowest BCUT2D eigenvalue weighted by molar-refractivity contribution is -0.158. The predicted molar refractivity (Wildman–Crippen MR) is 88.2 cm³/mol. The number of para-hydroxylation sites is 2. The van der Waals surface area contributed by atoms with Crippen LogP contribution in [0.5, 0.6) is 0 Å². The Labute approximate surface area is 136 Å². The molecule has 0 bridgehead atoms. The summed E-state index contributed by atoms with van der Waals surface area (Å²) < 4.78 is 11.5. The molecule has 0 unspecified atom stereocenters. The molecule has 1 atom stereocenters. The molecule has 1 aromatic carbocycles. The number of rotatable bonds is 4. The smallest absolute Gasteiger partial charge is 0.222 e. The third-order valence-electron chi connectivity index (χ3n) is 4.04. The van der Waals surface area contributed by atoms with Gasteiger partial charge in [0, 0.05) is 25.9 Å². The highest BCUT2D eigenvalue weighted by molar-refractivity contribution is 5.76. The molecule has 2 aromatic rings. The Balaban J connectivity index is 1.52. The highest BCUT2D eigenvalue weighted by Crippen LogP contribution is 2.22. The van der Waals surface area contributed by atoms with E-state index in [1.165, 1.54) is 0 Å². The maximum Gasteiger partial charge on any atom is 0.222 e. The molecule has 2 heterocycles. The average molecular weight is 316 g/mol. The van der Waals surface area contributed by atoms with Gasteiger partial charge in [-0.3, -0.25) is 4.79 Å². The van der Waals surface area contributed by atoms with Crippen LogP contribution in [-0.4, -0.2) is 40.6 Å². The van der Waals surface area contributed by atoms with E-state index < -0.39 is 0 Å².